The summed E-state index contributed by atoms with van der Waals surface area (Å²) in [5, 5.41) is 2.60. The molecule has 0 saturated heterocycles. The molecule has 1 heterocycles. The second-order valence-electron chi connectivity index (χ2n) is 14.8. The van der Waals surface area contributed by atoms with Gasteiger partial charge in [-0.05, 0) is 129 Å². The number of benzene rings is 4. The van der Waals surface area contributed by atoms with Gasteiger partial charge in [0.05, 0.1) is 0 Å². The summed E-state index contributed by atoms with van der Waals surface area (Å²) in [5.74, 6) is 0.408. The number of nitrogens with one attached hydrogen (secondary N) is 1. The Morgan fingerprint density at radius 2 is 1.59 bits per heavy atom. The van der Waals surface area contributed by atoms with E-state index in [1.165, 1.54) is 77.7 Å². The Morgan fingerprint density at radius 3 is 2.32 bits per heavy atom. The van der Waals surface area contributed by atoms with Crippen LogP contribution in [0.2, 0.25) is 0 Å². The molecule has 4 aromatic carbocycles. The Hall–Kier alpha value is -6.44. The van der Waals surface area contributed by atoms with Gasteiger partial charge in [-0.25, -0.2) is 0 Å². The molecule has 8 rings (SSSR count). The molecule has 59 heavy (non-hydrogen) atoms. The maximum absolute atomic E-state index is 4.13. The lowest BCUT2D eigenvalue weighted by atomic mass is 9.88. The van der Waals surface area contributed by atoms with Crippen LogP contribution in [0.1, 0.15) is 75.3 Å². The van der Waals surface area contributed by atoms with E-state index in [-0.39, 0.29) is 0 Å². The van der Waals surface area contributed by atoms with Crippen molar-refractivity contribution in [3.05, 3.63) is 252 Å². The van der Waals surface area contributed by atoms with Crippen molar-refractivity contribution in [3.8, 4) is 11.3 Å². The Morgan fingerprint density at radius 1 is 0.831 bits per heavy atom. The average molecular weight is 772 g/mol. The standard InChI is InChI=1S/C21H20.C21H22.C14H13N.C2H6/c1-3-16(2)21-11-7-6-10-20(21)15-17-12-13-18-8-4-5-9-19(18)14-17;1-5-10-18(6-2)20-13-16(3)17(4)14-21(15-20)19-11-8-7-9-12-19;1-2-3-10-4-5-11-9-12-6-7-15-14(12)13(11)8-10;1-2/h3-6,8-10,12-14H,1-2,7,11,15H2;5-16H,1-2H2,3-4H3;2-8,15H,9H2,1H3;1-2H3/b;18-10+;;. The fourth-order valence-electron chi connectivity index (χ4n) is 7.64. The van der Waals surface area contributed by atoms with Gasteiger partial charge in [0.1, 0.15) is 0 Å². The lowest BCUT2D eigenvalue weighted by Crippen LogP contribution is -2.00. The van der Waals surface area contributed by atoms with E-state index in [0.717, 1.165) is 36.8 Å². The minimum atomic E-state index is 0.408. The van der Waals surface area contributed by atoms with Crippen molar-refractivity contribution < 1.29 is 0 Å². The maximum atomic E-state index is 4.13. The summed E-state index contributed by atoms with van der Waals surface area (Å²) < 4.78 is 0. The SMILES string of the molecule is C=C/C=C(\C=C)C1=CC(C)C(C)=CC(c2ccccc2)=C1.C=CC(=C)C1=C(Cc2ccc3ccccc3c2)C=CCC1.CC.CC=Cc1ccc2c(c1)-c1[nH]ccc1C2. The molecular formula is C58H61N. The molecule has 0 radical (unpaired) electrons. The molecule has 3 aliphatic rings. The van der Waals surface area contributed by atoms with Gasteiger partial charge in [0.25, 0.3) is 0 Å². The predicted molar refractivity (Wildman–Crippen MR) is 261 cm³/mol. The van der Waals surface area contributed by atoms with Crippen molar-refractivity contribution in [2.24, 2.45) is 5.92 Å². The van der Waals surface area contributed by atoms with Gasteiger partial charge in [0, 0.05) is 23.9 Å². The molecule has 0 spiro atoms. The lowest BCUT2D eigenvalue weighted by molar-refractivity contribution is 0.861. The first-order valence-electron chi connectivity index (χ1n) is 21.0. The lowest BCUT2D eigenvalue weighted by Gasteiger charge is -2.17. The van der Waals surface area contributed by atoms with E-state index in [1.54, 1.807) is 0 Å². The quantitative estimate of drug-likeness (QED) is 0.141. The van der Waals surface area contributed by atoms with Crippen molar-refractivity contribution in [1.82, 2.24) is 4.98 Å². The van der Waals surface area contributed by atoms with E-state index in [4.69, 9.17) is 0 Å². The predicted octanol–water partition coefficient (Wildman–Crippen LogP) is 16.3. The van der Waals surface area contributed by atoms with E-state index in [0.29, 0.717) is 5.92 Å². The number of aromatic nitrogens is 1. The second kappa shape index (κ2) is 21.9. The van der Waals surface area contributed by atoms with E-state index in [9.17, 15) is 0 Å². The first-order valence-corrected chi connectivity index (χ1v) is 21.0. The average Bonchev–Trinajstić information content (AvgIpc) is 3.84. The van der Waals surface area contributed by atoms with Crippen LogP contribution in [0.25, 0.3) is 33.7 Å². The minimum Gasteiger partial charge on any atom is -0.361 e. The molecule has 1 unspecified atom stereocenters. The molecule has 0 fully saturated rings. The van der Waals surface area contributed by atoms with Gasteiger partial charge in [-0.3, -0.25) is 0 Å². The topological polar surface area (TPSA) is 15.8 Å². The molecule has 1 heteroatoms. The molecule has 0 amide bonds. The highest BCUT2D eigenvalue weighted by Crippen LogP contribution is 2.36. The summed E-state index contributed by atoms with van der Waals surface area (Å²) in [6.45, 7) is 26.2. The van der Waals surface area contributed by atoms with Crippen LogP contribution in [0, 0.1) is 5.92 Å². The van der Waals surface area contributed by atoms with E-state index in [2.05, 4.69) is 179 Å². The van der Waals surface area contributed by atoms with Crippen molar-refractivity contribution in [3.63, 3.8) is 0 Å². The van der Waals surface area contributed by atoms with Gasteiger partial charge in [-0.15, -0.1) is 0 Å². The Balaban J connectivity index is 0.000000167. The van der Waals surface area contributed by atoms with Crippen molar-refractivity contribution in [2.45, 2.75) is 60.3 Å². The first kappa shape index (κ1) is 43.7. The zero-order chi connectivity index (χ0) is 42.1. The highest BCUT2D eigenvalue weighted by Gasteiger charge is 2.19. The number of aromatic amines is 1. The summed E-state index contributed by atoms with van der Waals surface area (Å²) in [4.78, 5) is 3.32. The van der Waals surface area contributed by atoms with E-state index >= 15 is 0 Å². The van der Waals surface area contributed by atoms with E-state index in [1.807, 2.05) is 57.3 Å². The third kappa shape index (κ3) is 11.4. The van der Waals surface area contributed by atoms with Crippen LogP contribution in [0.5, 0.6) is 0 Å². The largest absolute Gasteiger partial charge is 0.361 e. The van der Waals surface area contributed by atoms with Crippen LogP contribution in [0.3, 0.4) is 0 Å². The normalized spacial score (nSPS) is 15.4. The number of H-pyrrole nitrogens is 1. The highest BCUT2D eigenvalue weighted by molar-refractivity contribution is 5.83. The molecule has 1 aromatic heterocycles. The molecule has 0 bridgehead atoms. The molecule has 0 saturated carbocycles. The third-order valence-corrected chi connectivity index (χ3v) is 10.9. The maximum Gasteiger partial charge on any atom is 0.0492 e. The number of fused-ring (bicyclic) bond motifs is 4. The van der Waals surface area contributed by atoms with Crippen LogP contribution >= 0.6 is 0 Å². The fourth-order valence-corrected chi connectivity index (χ4v) is 7.64. The highest BCUT2D eigenvalue weighted by atomic mass is 14.7. The van der Waals surface area contributed by atoms with Crippen molar-refractivity contribution >= 4 is 22.4 Å². The molecule has 1 nitrogen and oxygen atoms in total. The van der Waals surface area contributed by atoms with Crippen molar-refractivity contribution in [2.75, 3.05) is 0 Å². The monoisotopic (exact) mass is 771 g/mol. The number of hydrogen-bond donors (Lipinski definition) is 1. The van der Waals surface area contributed by atoms with Gasteiger partial charge in [-0.2, -0.15) is 0 Å². The van der Waals surface area contributed by atoms with Crippen LogP contribution in [-0.4, -0.2) is 4.98 Å². The summed E-state index contributed by atoms with van der Waals surface area (Å²) >= 11 is 0. The van der Waals surface area contributed by atoms with Gasteiger partial charge >= 0.3 is 0 Å². The Bertz CT molecular complexity index is 2490. The summed E-state index contributed by atoms with van der Waals surface area (Å²) in [6, 6.07) is 34.6. The zero-order valence-corrected chi connectivity index (χ0v) is 35.9. The summed E-state index contributed by atoms with van der Waals surface area (Å²) in [5.41, 5.74) is 18.1. The van der Waals surface area contributed by atoms with Gasteiger partial charge in [-0.1, -0.05) is 198 Å². The summed E-state index contributed by atoms with van der Waals surface area (Å²) in [6.07, 6.45) is 29.3. The molecule has 298 valence electrons. The first-order chi connectivity index (χ1) is 28.8. The Kier molecular flexibility index (Phi) is 16.2. The van der Waals surface area contributed by atoms with Crippen LogP contribution in [-0.2, 0) is 12.8 Å². The summed E-state index contributed by atoms with van der Waals surface area (Å²) in [7, 11) is 0. The molecular weight excluding hydrogens is 711 g/mol. The fraction of sp³-hybridized carbons (Fsp3) is 0.172. The second-order valence-corrected chi connectivity index (χ2v) is 14.8. The van der Waals surface area contributed by atoms with Crippen LogP contribution in [0.15, 0.2) is 224 Å². The third-order valence-electron chi connectivity index (χ3n) is 10.9. The smallest absolute Gasteiger partial charge is 0.0492 e. The molecule has 3 aliphatic carbocycles. The number of hydrogen-bond acceptors (Lipinski definition) is 0. The molecule has 0 aliphatic heterocycles. The van der Waals surface area contributed by atoms with E-state index < -0.39 is 0 Å². The van der Waals surface area contributed by atoms with Gasteiger partial charge < -0.3 is 4.98 Å². The Labute approximate surface area is 355 Å². The van der Waals surface area contributed by atoms with Crippen molar-refractivity contribution in [1.29, 1.82) is 0 Å². The van der Waals surface area contributed by atoms with Gasteiger partial charge in [0.15, 0.2) is 0 Å². The minimum absolute atomic E-state index is 0.408. The molecule has 1 atom stereocenters. The van der Waals surface area contributed by atoms with Crippen LogP contribution < -0.4 is 0 Å². The molecule has 5 aromatic rings. The number of allylic oxidation sites excluding steroid dienone is 17. The van der Waals surface area contributed by atoms with Crippen LogP contribution in [0.4, 0.5) is 0 Å². The zero-order valence-electron chi connectivity index (χ0n) is 35.9. The number of rotatable bonds is 9. The van der Waals surface area contributed by atoms with Gasteiger partial charge in [0.2, 0.25) is 0 Å². The molecule has 1 N–H and O–H groups in total.